The van der Waals surface area contributed by atoms with Crippen LogP contribution in [0.4, 0.5) is 0 Å². The maximum atomic E-state index is 11.4. The summed E-state index contributed by atoms with van der Waals surface area (Å²) >= 11 is 3.41. The Hall–Kier alpha value is -0.990. The second kappa shape index (κ2) is 5.98. The topological polar surface area (TPSA) is 98.8 Å². The van der Waals surface area contributed by atoms with Crippen LogP contribution in [0.15, 0.2) is 22.7 Å². The van der Waals surface area contributed by atoms with E-state index in [0.717, 1.165) is 10.0 Å². The molecule has 2 rings (SSSR count). The number of nitrogens with two attached hydrogens (primary N) is 1. The van der Waals surface area contributed by atoms with E-state index >= 15 is 0 Å². The van der Waals surface area contributed by atoms with Gasteiger partial charge in [0.05, 0.1) is 12.2 Å². The molecule has 1 saturated heterocycles. The number of nitrogen functional groups attached to an aromatic ring is 1. The summed E-state index contributed by atoms with van der Waals surface area (Å²) in [7, 11) is 0. The summed E-state index contributed by atoms with van der Waals surface area (Å²) in [6.45, 7) is 1.48. The van der Waals surface area contributed by atoms with Gasteiger partial charge in [0, 0.05) is 29.7 Å². The summed E-state index contributed by atoms with van der Waals surface area (Å²) < 4.78 is 0.796. The SMILES string of the molecule is NNC(=O)c1ccc(CN2CC(O)C(O)C2)c(Br)c1. The fourth-order valence-electron chi connectivity index (χ4n) is 2.12. The predicted molar refractivity (Wildman–Crippen MR) is 73.1 cm³/mol. The Kier molecular flexibility index (Phi) is 4.54. The number of carbonyl (C=O) groups excluding carboxylic acids is 1. The number of aliphatic hydroxyl groups is 2. The Morgan fingerprint density at radius 3 is 2.58 bits per heavy atom. The molecule has 0 bridgehead atoms. The van der Waals surface area contributed by atoms with E-state index in [2.05, 4.69) is 21.4 Å². The lowest BCUT2D eigenvalue weighted by molar-refractivity contribution is 0.0572. The van der Waals surface area contributed by atoms with Crippen molar-refractivity contribution in [2.75, 3.05) is 13.1 Å². The molecule has 1 heterocycles. The second-order valence-corrected chi connectivity index (χ2v) is 5.46. The van der Waals surface area contributed by atoms with Gasteiger partial charge >= 0.3 is 0 Å². The van der Waals surface area contributed by atoms with E-state index < -0.39 is 12.2 Å². The third-order valence-electron chi connectivity index (χ3n) is 3.17. The highest BCUT2D eigenvalue weighted by molar-refractivity contribution is 9.10. The first kappa shape index (κ1) is 14.4. The Balaban J connectivity index is 2.08. The van der Waals surface area contributed by atoms with Crippen LogP contribution in [0.25, 0.3) is 0 Å². The largest absolute Gasteiger partial charge is 0.389 e. The van der Waals surface area contributed by atoms with Crippen LogP contribution >= 0.6 is 15.9 Å². The van der Waals surface area contributed by atoms with Crippen LogP contribution in [-0.2, 0) is 6.54 Å². The molecule has 0 radical (unpaired) electrons. The minimum Gasteiger partial charge on any atom is -0.389 e. The molecule has 6 nitrogen and oxygen atoms in total. The number of nitrogens with zero attached hydrogens (tertiary/aromatic N) is 1. The molecular weight excluding hydrogens is 314 g/mol. The van der Waals surface area contributed by atoms with Crippen LogP contribution in [0.1, 0.15) is 15.9 Å². The van der Waals surface area contributed by atoms with Crippen LogP contribution in [0.3, 0.4) is 0 Å². The maximum absolute atomic E-state index is 11.4. The Labute approximate surface area is 119 Å². The van der Waals surface area contributed by atoms with E-state index in [1.807, 2.05) is 11.0 Å². The van der Waals surface area contributed by atoms with E-state index in [4.69, 9.17) is 5.84 Å². The lowest BCUT2D eigenvalue weighted by atomic mass is 10.1. The number of likely N-dealkylation sites (tertiary alicyclic amines) is 1. The number of amides is 1. The van der Waals surface area contributed by atoms with Crippen molar-refractivity contribution in [3.63, 3.8) is 0 Å². The minimum atomic E-state index is -0.693. The maximum Gasteiger partial charge on any atom is 0.265 e. The van der Waals surface area contributed by atoms with Crippen molar-refractivity contribution >= 4 is 21.8 Å². The molecule has 1 aliphatic heterocycles. The molecule has 0 aromatic heterocycles. The molecule has 1 aliphatic rings. The van der Waals surface area contributed by atoms with Gasteiger partial charge in [-0.2, -0.15) is 0 Å². The van der Waals surface area contributed by atoms with Crippen molar-refractivity contribution in [2.24, 2.45) is 5.84 Å². The van der Waals surface area contributed by atoms with Gasteiger partial charge in [0.15, 0.2) is 0 Å². The van der Waals surface area contributed by atoms with Gasteiger partial charge in [0.25, 0.3) is 5.91 Å². The number of halogens is 1. The smallest absolute Gasteiger partial charge is 0.265 e. The van der Waals surface area contributed by atoms with Gasteiger partial charge in [-0.15, -0.1) is 0 Å². The number of carbonyl (C=O) groups is 1. The number of benzene rings is 1. The second-order valence-electron chi connectivity index (χ2n) is 4.61. The molecular formula is C12H16BrN3O3. The third-order valence-corrected chi connectivity index (χ3v) is 3.91. The van der Waals surface area contributed by atoms with Crippen molar-refractivity contribution in [1.29, 1.82) is 0 Å². The highest BCUT2D eigenvalue weighted by Gasteiger charge is 2.29. The molecule has 7 heteroatoms. The summed E-state index contributed by atoms with van der Waals surface area (Å²) in [6, 6.07) is 5.21. The third kappa shape index (κ3) is 3.31. The standard InChI is InChI=1S/C12H16BrN3O3/c13-9-3-7(12(19)15-14)1-2-8(9)4-16-5-10(17)11(18)6-16/h1-3,10-11,17-18H,4-6,14H2,(H,15,19). The Morgan fingerprint density at radius 2 is 2.05 bits per heavy atom. The average molecular weight is 330 g/mol. The van der Waals surface area contributed by atoms with E-state index in [9.17, 15) is 15.0 Å². The van der Waals surface area contributed by atoms with Gasteiger partial charge in [-0.25, -0.2) is 5.84 Å². The fraction of sp³-hybridized carbons (Fsp3) is 0.417. The lowest BCUT2D eigenvalue weighted by Crippen LogP contribution is -2.30. The van der Waals surface area contributed by atoms with Crippen molar-refractivity contribution in [3.8, 4) is 0 Å². The van der Waals surface area contributed by atoms with Gasteiger partial charge in [-0.3, -0.25) is 15.1 Å². The molecule has 2 atom stereocenters. The zero-order chi connectivity index (χ0) is 14.0. The first-order valence-electron chi connectivity index (χ1n) is 5.89. The number of β-amino-alcohol motifs (C(OH)–C–C–N with tert-alkyl or cyclic N) is 2. The molecule has 0 spiro atoms. The van der Waals surface area contributed by atoms with Crippen molar-refractivity contribution in [2.45, 2.75) is 18.8 Å². The molecule has 5 N–H and O–H groups in total. The molecule has 1 aromatic rings. The van der Waals surface area contributed by atoms with Crippen LogP contribution in [0.2, 0.25) is 0 Å². The van der Waals surface area contributed by atoms with Gasteiger partial charge in [0.1, 0.15) is 0 Å². The van der Waals surface area contributed by atoms with Crippen LogP contribution in [0, 0.1) is 0 Å². The Bertz CT molecular complexity index is 473. The van der Waals surface area contributed by atoms with Gasteiger partial charge in [-0.1, -0.05) is 22.0 Å². The number of hydrazine groups is 1. The molecule has 1 amide bonds. The number of aliphatic hydroxyl groups excluding tert-OH is 2. The van der Waals surface area contributed by atoms with Crippen LogP contribution in [-0.4, -0.2) is 46.3 Å². The summed E-state index contributed by atoms with van der Waals surface area (Å²) in [5.74, 6) is 4.73. The number of nitrogens with one attached hydrogen (secondary N) is 1. The first-order chi connectivity index (χ1) is 9.01. The van der Waals surface area contributed by atoms with E-state index in [1.165, 1.54) is 0 Å². The quantitative estimate of drug-likeness (QED) is 0.343. The van der Waals surface area contributed by atoms with Crippen molar-refractivity contribution in [3.05, 3.63) is 33.8 Å². The average Bonchev–Trinajstić information content (AvgIpc) is 2.70. The summed E-state index contributed by atoms with van der Waals surface area (Å²) in [6.07, 6.45) is -1.39. The molecule has 19 heavy (non-hydrogen) atoms. The summed E-state index contributed by atoms with van der Waals surface area (Å²) in [5, 5.41) is 19.0. The molecule has 104 valence electrons. The molecule has 2 unspecified atom stereocenters. The number of hydrogen-bond acceptors (Lipinski definition) is 5. The molecule has 1 aromatic carbocycles. The monoisotopic (exact) mass is 329 g/mol. The Morgan fingerprint density at radius 1 is 1.42 bits per heavy atom. The highest BCUT2D eigenvalue weighted by atomic mass is 79.9. The van der Waals surface area contributed by atoms with Crippen molar-refractivity contribution < 1.29 is 15.0 Å². The number of hydrogen-bond donors (Lipinski definition) is 4. The molecule has 0 aliphatic carbocycles. The van der Waals surface area contributed by atoms with Gasteiger partial charge in [-0.05, 0) is 17.7 Å². The normalized spacial score (nSPS) is 23.6. The van der Waals surface area contributed by atoms with E-state index in [-0.39, 0.29) is 5.91 Å². The molecule has 1 fully saturated rings. The first-order valence-corrected chi connectivity index (χ1v) is 6.68. The van der Waals surface area contributed by atoms with E-state index in [1.54, 1.807) is 12.1 Å². The van der Waals surface area contributed by atoms with E-state index in [0.29, 0.717) is 25.2 Å². The van der Waals surface area contributed by atoms with Crippen LogP contribution in [0.5, 0.6) is 0 Å². The summed E-state index contributed by atoms with van der Waals surface area (Å²) in [4.78, 5) is 13.3. The summed E-state index contributed by atoms with van der Waals surface area (Å²) in [5.41, 5.74) is 3.53. The lowest BCUT2D eigenvalue weighted by Gasteiger charge is -2.16. The highest BCUT2D eigenvalue weighted by Crippen LogP contribution is 2.22. The van der Waals surface area contributed by atoms with Gasteiger partial charge < -0.3 is 10.2 Å². The zero-order valence-electron chi connectivity index (χ0n) is 10.2. The zero-order valence-corrected chi connectivity index (χ0v) is 11.8. The van der Waals surface area contributed by atoms with Crippen LogP contribution < -0.4 is 11.3 Å². The number of rotatable bonds is 3. The molecule has 0 saturated carbocycles. The predicted octanol–water partition coefficient (Wildman–Crippen LogP) is -0.410. The van der Waals surface area contributed by atoms with Gasteiger partial charge in [0.2, 0.25) is 0 Å². The van der Waals surface area contributed by atoms with Crippen molar-refractivity contribution in [1.82, 2.24) is 10.3 Å². The minimum absolute atomic E-state index is 0.348. The fourth-order valence-corrected chi connectivity index (χ4v) is 2.62.